The van der Waals surface area contributed by atoms with Crippen LogP contribution in [0.1, 0.15) is 23.2 Å². The summed E-state index contributed by atoms with van der Waals surface area (Å²) in [7, 11) is 0. The van der Waals surface area contributed by atoms with Gasteiger partial charge in [-0.15, -0.1) is 11.6 Å². The molecule has 0 aliphatic carbocycles. The van der Waals surface area contributed by atoms with Crippen LogP contribution in [0.25, 0.3) is 10.9 Å². The van der Waals surface area contributed by atoms with Crippen molar-refractivity contribution in [2.75, 3.05) is 12.4 Å². The molecule has 0 bridgehead atoms. The third-order valence-electron chi connectivity index (χ3n) is 3.68. The largest absolute Gasteiger partial charge is 0.334 e. The van der Waals surface area contributed by atoms with E-state index in [4.69, 9.17) is 11.6 Å². The standard InChI is InChI=1S/C15H15ClN2O/c16-10-12-6-3-9-18(12)15(19)13-7-1-4-11-5-2-8-17-14(11)13/h1-2,4-5,7-8,12H,3,6,9-10H2. The Balaban J connectivity index is 2.02. The third-order valence-corrected chi connectivity index (χ3v) is 4.04. The molecule has 2 aromatic rings. The molecule has 19 heavy (non-hydrogen) atoms. The SMILES string of the molecule is O=C(c1cccc2cccnc12)N1CCCC1CCl. The zero-order valence-corrected chi connectivity index (χ0v) is 11.3. The molecular weight excluding hydrogens is 260 g/mol. The minimum atomic E-state index is 0.0486. The molecule has 1 unspecified atom stereocenters. The molecule has 3 rings (SSSR count). The predicted molar refractivity (Wildman–Crippen MR) is 76.5 cm³/mol. The summed E-state index contributed by atoms with van der Waals surface area (Å²) in [6, 6.07) is 9.75. The highest BCUT2D eigenvalue weighted by molar-refractivity contribution is 6.18. The third kappa shape index (κ3) is 2.19. The van der Waals surface area contributed by atoms with Gasteiger partial charge >= 0.3 is 0 Å². The van der Waals surface area contributed by atoms with E-state index in [-0.39, 0.29) is 11.9 Å². The Morgan fingerprint density at radius 3 is 3.05 bits per heavy atom. The van der Waals surface area contributed by atoms with Crippen LogP contribution in [-0.2, 0) is 0 Å². The number of halogens is 1. The summed E-state index contributed by atoms with van der Waals surface area (Å²) in [6.45, 7) is 0.791. The lowest BCUT2D eigenvalue weighted by atomic mass is 10.1. The van der Waals surface area contributed by atoms with Crippen molar-refractivity contribution in [3.8, 4) is 0 Å². The fourth-order valence-electron chi connectivity index (χ4n) is 2.69. The number of fused-ring (bicyclic) bond motifs is 1. The van der Waals surface area contributed by atoms with Crippen LogP contribution in [-0.4, -0.2) is 34.3 Å². The van der Waals surface area contributed by atoms with Gasteiger partial charge in [-0.05, 0) is 25.0 Å². The van der Waals surface area contributed by atoms with Gasteiger partial charge in [0.2, 0.25) is 0 Å². The number of hydrogen-bond donors (Lipinski definition) is 0. The summed E-state index contributed by atoms with van der Waals surface area (Å²) in [5.41, 5.74) is 1.45. The summed E-state index contributed by atoms with van der Waals surface area (Å²) in [5.74, 6) is 0.552. The molecule has 1 amide bonds. The van der Waals surface area contributed by atoms with Gasteiger partial charge in [-0.3, -0.25) is 9.78 Å². The number of carbonyl (C=O) groups excluding carboxylic acids is 1. The number of nitrogens with zero attached hydrogens (tertiary/aromatic N) is 2. The molecule has 1 saturated heterocycles. The van der Waals surface area contributed by atoms with Crippen molar-refractivity contribution in [3.05, 3.63) is 42.1 Å². The number of rotatable bonds is 2. The first-order valence-corrected chi connectivity index (χ1v) is 7.05. The lowest BCUT2D eigenvalue weighted by molar-refractivity contribution is 0.0751. The van der Waals surface area contributed by atoms with Crippen LogP contribution in [0, 0.1) is 0 Å². The van der Waals surface area contributed by atoms with Crippen LogP contribution in [0.3, 0.4) is 0 Å². The summed E-state index contributed by atoms with van der Waals surface area (Å²) in [6.07, 6.45) is 3.75. The highest BCUT2D eigenvalue weighted by Gasteiger charge is 2.29. The summed E-state index contributed by atoms with van der Waals surface area (Å²) in [5, 5.41) is 0.995. The molecule has 2 heterocycles. The molecule has 1 aliphatic heterocycles. The van der Waals surface area contributed by atoms with Gasteiger partial charge in [-0.2, -0.15) is 0 Å². The minimum absolute atomic E-state index is 0.0486. The maximum Gasteiger partial charge on any atom is 0.256 e. The molecule has 0 spiro atoms. The van der Waals surface area contributed by atoms with Gasteiger partial charge in [-0.1, -0.05) is 18.2 Å². The number of hydrogen-bond acceptors (Lipinski definition) is 2. The topological polar surface area (TPSA) is 33.2 Å². The molecule has 3 nitrogen and oxygen atoms in total. The summed E-state index contributed by atoms with van der Waals surface area (Å²) < 4.78 is 0. The van der Waals surface area contributed by atoms with Crippen molar-refractivity contribution in [2.45, 2.75) is 18.9 Å². The van der Waals surface area contributed by atoms with Crippen LogP contribution in [0.4, 0.5) is 0 Å². The second-order valence-corrected chi connectivity index (χ2v) is 5.14. The van der Waals surface area contributed by atoms with E-state index >= 15 is 0 Å². The van der Waals surface area contributed by atoms with E-state index in [9.17, 15) is 4.79 Å². The van der Waals surface area contributed by atoms with Crippen molar-refractivity contribution in [3.63, 3.8) is 0 Å². The molecule has 0 N–H and O–H groups in total. The molecule has 1 aromatic carbocycles. The molecule has 1 aliphatic rings. The summed E-state index contributed by atoms with van der Waals surface area (Å²) >= 11 is 5.94. The van der Waals surface area contributed by atoms with Crippen molar-refractivity contribution in [1.82, 2.24) is 9.88 Å². The van der Waals surface area contributed by atoms with Gasteiger partial charge < -0.3 is 4.90 Å². The smallest absolute Gasteiger partial charge is 0.256 e. The Morgan fingerprint density at radius 1 is 1.37 bits per heavy atom. The number of likely N-dealkylation sites (tertiary alicyclic amines) is 1. The molecule has 1 aromatic heterocycles. The highest BCUT2D eigenvalue weighted by Crippen LogP contribution is 2.24. The average Bonchev–Trinajstić information content (AvgIpc) is 2.94. The first-order valence-electron chi connectivity index (χ1n) is 6.52. The average molecular weight is 275 g/mol. The van der Waals surface area contributed by atoms with Crippen LogP contribution in [0.15, 0.2) is 36.5 Å². The number of aromatic nitrogens is 1. The monoisotopic (exact) mass is 274 g/mol. The fourth-order valence-corrected chi connectivity index (χ4v) is 3.02. The predicted octanol–water partition coefficient (Wildman–Crippen LogP) is 3.08. The molecular formula is C15H15ClN2O. The van der Waals surface area contributed by atoms with Crippen LogP contribution in [0.5, 0.6) is 0 Å². The molecule has 1 fully saturated rings. The first kappa shape index (κ1) is 12.4. The summed E-state index contributed by atoms with van der Waals surface area (Å²) in [4.78, 5) is 18.9. The van der Waals surface area contributed by atoms with Gasteiger partial charge in [-0.25, -0.2) is 0 Å². The number of carbonyl (C=O) groups is 1. The number of alkyl halides is 1. The van der Waals surface area contributed by atoms with Crippen molar-refractivity contribution < 1.29 is 4.79 Å². The van der Waals surface area contributed by atoms with Gasteiger partial charge in [0.1, 0.15) is 0 Å². The maximum atomic E-state index is 12.7. The van der Waals surface area contributed by atoms with E-state index in [2.05, 4.69) is 4.98 Å². The van der Waals surface area contributed by atoms with Gasteiger partial charge in [0.05, 0.1) is 11.1 Å². The van der Waals surface area contributed by atoms with E-state index in [0.717, 1.165) is 30.3 Å². The molecule has 0 radical (unpaired) electrons. The van der Waals surface area contributed by atoms with Crippen molar-refractivity contribution >= 4 is 28.4 Å². The van der Waals surface area contributed by atoms with Crippen molar-refractivity contribution in [2.24, 2.45) is 0 Å². The van der Waals surface area contributed by atoms with Gasteiger partial charge in [0, 0.05) is 30.0 Å². The lowest BCUT2D eigenvalue weighted by Crippen LogP contribution is -2.36. The van der Waals surface area contributed by atoms with E-state index in [1.165, 1.54) is 0 Å². The maximum absolute atomic E-state index is 12.7. The van der Waals surface area contributed by atoms with E-state index in [1.54, 1.807) is 6.20 Å². The van der Waals surface area contributed by atoms with E-state index in [1.807, 2.05) is 35.2 Å². The minimum Gasteiger partial charge on any atom is -0.334 e. The van der Waals surface area contributed by atoms with Crippen LogP contribution < -0.4 is 0 Å². The fraction of sp³-hybridized carbons (Fsp3) is 0.333. The Bertz CT molecular complexity index is 609. The second-order valence-electron chi connectivity index (χ2n) is 4.83. The number of benzene rings is 1. The van der Waals surface area contributed by atoms with Crippen LogP contribution in [0.2, 0.25) is 0 Å². The van der Waals surface area contributed by atoms with Gasteiger partial charge in [0.25, 0.3) is 5.91 Å². The molecule has 98 valence electrons. The Kier molecular flexibility index (Phi) is 3.38. The van der Waals surface area contributed by atoms with Gasteiger partial charge in [0.15, 0.2) is 0 Å². The number of pyridine rings is 1. The second kappa shape index (κ2) is 5.17. The van der Waals surface area contributed by atoms with Crippen molar-refractivity contribution in [1.29, 1.82) is 0 Å². The Labute approximate surface area is 117 Å². The molecule has 4 heteroatoms. The number of para-hydroxylation sites is 1. The molecule has 0 saturated carbocycles. The zero-order valence-electron chi connectivity index (χ0n) is 10.6. The van der Waals surface area contributed by atoms with Crippen LogP contribution >= 0.6 is 11.6 Å². The zero-order chi connectivity index (χ0) is 13.2. The Hall–Kier alpha value is -1.61. The Morgan fingerprint density at radius 2 is 2.21 bits per heavy atom. The molecule has 1 atom stereocenters. The highest BCUT2D eigenvalue weighted by atomic mass is 35.5. The lowest BCUT2D eigenvalue weighted by Gasteiger charge is -2.23. The van der Waals surface area contributed by atoms with E-state index in [0.29, 0.717) is 11.4 Å². The normalized spacial score (nSPS) is 19.0. The van der Waals surface area contributed by atoms with E-state index < -0.39 is 0 Å². The number of amides is 1. The first-order chi connectivity index (χ1) is 9.31. The quantitative estimate of drug-likeness (QED) is 0.789.